The molecule has 0 aromatic carbocycles. The van der Waals surface area contributed by atoms with E-state index in [0.29, 0.717) is 24.1 Å². The fourth-order valence-corrected chi connectivity index (χ4v) is 5.32. The van der Waals surface area contributed by atoms with Gasteiger partial charge in [0.15, 0.2) is 0 Å². The number of ether oxygens (including phenoxy) is 1. The Kier molecular flexibility index (Phi) is 5.43. The van der Waals surface area contributed by atoms with Gasteiger partial charge in [-0.2, -0.15) is 4.31 Å². The fraction of sp³-hybridized carbons (Fsp3) is 0.714. The number of sulfonamides is 1. The van der Waals surface area contributed by atoms with Gasteiger partial charge in [-0.25, -0.2) is 8.42 Å². The Bertz CT molecular complexity index is 569. The van der Waals surface area contributed by atoms with E-state index in [9.17, 15) is 8.42 Å². The zero-order chi connectivity index (χ0) is 15.6. The maximum atomic E-state index is 12.8. The van der Waals surface area contributed by atoms with Crippen LogP contribution in [0.4, 0.5) is 0 Å². The highest BCUT2D eigenvalue weighted by Crippen LogP contribution is 2.29. The highest BCUT2D eigenvalue weighted by atomic mass is 32.2. The van der Waals surface area contributed by atoms with Gasteiger partial charge in [0.2, 0.25) is 10.0 Å². The molecular weight excluding hydrogens is 308 g/mol. The van der Waals surface area contributed by atoms with Crippen molar-refractivity contribution in [1.82, 2.24) is 9.62 Å². The lowest BCUT2D eigenvalue weighted by Crippen LogP contribution is -2.41. The van der Waals surface area contributed by atoms with E-state index >= 15 is 0 Å². The zero-order valence-electron chi connectivity index (χ0n) is 13.0. The molecular formula is C14H24N2O3S2. The standard InChI is InChI=1S/C14H24N2O3S2/c1-10(2)15-9-13-14(6-8-20-13)21(17,18)16(4)12-5-7-19-11(12)3/h6,8,10-12,15H,5,7,9H2,1-4H3. The second-order valence-electron chi connectivity index (χ2n) is 5.70. The second-order valence-corrected chi connectivity index (χ2v) is 8.66. The molecule has 1 aliphatic heterocycles. The average molecular weight is 332 g/mol. The molecule has 1 N–H and O–H groups in total. The molecule has 1 saturated heterocycles. The van der Waals surface area contributed by atoms with Crippen LogP contribution in [0.1, 0.15) is 32.1 Å². The highest BCUT2D eigenvalue weighted by molar-refractivity contribution is 7.89. The summed E-state index contributed by atoms with van der Waals surface area (Å²) in [5.41, 5.74) is 0. The highest BCUT2D eigenvalue weighted by Gasteiger charge is 2.36. The van der Waals surface area contributed by atoms with Crippen molar-refractivity contribution in [2.75, 3.05) is 13.7 Å². The lowest BCUT2D eigenvalue weighted by atomic mass is 10.2. The van der Waals surface area contributed by atoms with Crippen molar-refractivity contribution in [2.45, 2.75) is 56.8 Å². The van der Waals surface area contributed by atoms with Crippen LogP contribution in [-0.2, 0) is 21.3 Å². The maximum absolute atomic E-state index is 12.8. The molecule has 21 heavy (non-hydrogen) atoms. The Hall–Kier alpha value is -0.470. The van der Waals surface area contributed by atoms with Crippen LogP contribution in [-0.4, -0.2) is 44.6 Å². The van der Waals surface area contributed by atoms with Gasteiger partial charge < -0.3 is 10.1 Å². The third kappa shape index (κ3) is 3.65. The zero-order valence-corrected chi connectivity index (χ0v) is 14.6. The van der Waals surface area contributed by atoms with Crippen LogP contribution < -0.4 is 5.32 Å². The van der Waals surface area contributed by atoms with E-state index in [-0.39, 0.29) is 12.1 Å². The van der Waals surface area contributed by atoms with Crippen molar-refractivity contribution in [1.29, 1.82) is 0 Å². The normalized spacial score (nSPS) is 23.3. The molecule has 1 aliphatic rings. The van der Waals surface area contributed by atoms with Gasteiger partial charge in [0.25, 0.3) is 0 Å². The third-order valence-corrected chi connectivity index (χ3v) is 6.85. The molecule has 1 aromatic heterocycles. The first-order chi connectivity index (χ1) is 9.84. The summed E-state index contributed by atoms with van der Waals surface area (Å²) in [7, 11) is -1.81. The third-order valence-electron chi connectivity index (χ3n) is 3.84. The summed E-state index contributed by atoms with van der Waals surface area (Å²) in [6.07, 6.45) is 0.696. The largest absolute Gasteiger partial charge is 0.377 e. The molecule has 0 aliphatic carbocycles. The minimum absolute atomic E-state index is 0.0550. The first-order valence-corrected chi connectivity index (χ1v) is 9.55. The van der Waals surface area contributed by atoms with Crippen LogP contribution in [0, 0.1) is 0 Å². The smallest absolute Gasteiger partial charge is 0.244 e. The molecule has 2 heterocycles. The molecule has 0 radical (unpaired) electrons. The molecule has 0 spiro atoms. The molecule has 1 aromatic rings. The second kappa shape index (κ2) is 6.75. The van der Waals surface area contributed by atoms with Crippen LogP contribution in [0.5, 0.6) is 0 Å². The minimum Gasteiger partial charge on any atom is -0.377 e. The van der Waals surface area contributed by atoms with Crippen LogP contribution in [0.2, 0.25) is 0 Å². The Morgan fingerprint density at radius 1 is 1.52 bits per heavy atom. The van der Waals surface area contributed by atoms with Crippen molar-refractivity contribution in [3.05, 3.63) is 16.3 Å². The molecule has 0 bridgehead atoms. The van der Waals surface area contributed by atoms with E-state index < -0.39 is 10.0 Å². The number of hydrogen-bond acceptors (Lipinski definition) is 5. The molecule has 120 valence electrons. The molecule has 0 saturated carbocycles. The lowest BCUT2D eigenvalue weighted by molar-refractivity contribution is 0.102. The summed E-state index contributed by atoms with van der Waals surface area (Å²) in [6.45, 7) is 7.22. The molecule has 7 heteroatoms. The van der Waals surface area contributed by atoms with Gasteiger partial charge in [0, 0.05) is 31.1 Å². The van der Waals surface area contributed by atoms with Gasteiger partial charge in [0.1, 0.15) is 0 Å². The van der Waals surface area contributed by atoms with E-state index in [4.69, 9.17) is 4.74 Å². The SMILES string of the molecule is CC(C)NCc1sccc1S(=O)(=O)N(C)C1CCOC1C. The number of nitrogens with one attached hydrogen (secondary N) is 1. The Morgan fingerprint density at radius 2 is 2.24 bits per heavy atom. The van der Waals surface area contributed by atoms with Gasteiger partial charge in [-0.05, 0) is 24.8 Å². The van der Waals surface area contributed by atoms with Crippen LogP contribution in [0.25, 0.3) is 0 Å². The molecule has 1 fully saturated rings. The van der Waals surface area contributed by atoms with E-state index in [1.807, 2.05) is 26.2 Å². The number of nitrogens with zero attached hydrogens (tertiary/aromatic N) is 1. The molecule has 5 nitrogen and oxygen atoms in total. The molecule has 0 amide bonds. The maximum Gasteiger partial charge on any atom is 0.244 e. The van der Waals surface area contributed by atoms with Crippen molar-refractivity contribution in [2.24, 2.45) is 0 Å². The Morgan fingerprint density at radius 3 is 2.81 bits per heavy atom. The van der Waals surface area contributed by atoms with Crippen molar-refractivity contribution in [3.8, 4) is 0 Å². The lowest BCUT2D eigenvalue weighted by Gasteiger charge is -2.26. The first kappa shape index (κ1) is 16.9. The van der Waals surface area contributed by atoms with Gasteiger partial charge in [0.05, 0.1) is 17.0 Å². The summed E-state index contributed by atoms with van der Waals surface area (Å²) < 4.78 is 32.7. The van der Waals surface area contributed by atoms with Crippen molar-refractivity contribution < 1.29 is 13.2 Å². The number of hydrogen-bond donors (Lipinski definition) is 1. The first-order valence-electron chi connectivity index (χ1n) is 7.23. The van der Waals surface area contributed by atoms with E-state index in [0.717, 1.165) is 11.3 Å². The number of thiophene rings is 1. The average Bonchev–Trinajstić information content (AvgIpc) is 3.04. The quantitative estimate of drug-likeness (QED) is 0.866. The summed E-state index contributed by atoms with van der Waals surface area (Å²) in [5, 5.41) is 5.12. The van der Waals surface area contributed by atoms with Crippen molar-refractivity contribution in [3.63, 3.8) is 0 Å². The van der Waals surface area contributed by atoms with Gasteiger partial charge >= 0.3 is 0 Å². The van der Waals surface area contributed by atoms with E-state index in [2.05, 4.69) is 5.32 Å². The van der Waals surface area contributed by atoms with E-state index in [1.165, 1.54) is 15.6 Å². The molecule has 2 rings (SSSR count). The fourth-order valence-electron chi connectivity index (χ4n) is 2.52. The minimum atomic E-state index is -3.47. The summed E-state index contributed by atoms with van der Waals surface area (Å²) in [6, 6.07) is 1.94. The molecule has 2 atom stereocenters. The van der Waals surface area contributed by atoms with Crippen molar-refractivity contribution >= 4 is 21.4 Å². The van der Waals surface area contributed by atoms with Gasteiger partial charge in [-0.1, -0.05) is 13.8 Å². The van der Waals surface area contributed by atoms with E-state index in [1.54, 1.807) is 13.1 Å². The van der Waals surface area contributed by atoms with Gasteiger partial charge in [-0.15, -0.1) is 11.3 Å². The molecule has 2 unspecified atom stereocenters. The van der Waals surface area contributed by atoms with Crippen LogP contribution in [0.3, 0.4) is 0 Å². The summed E-state index contributed by atoms with van der Waals surface area (Å²) in [4.78, 5) is 1.28. The van der Waals surface area contributed by atoms with Gasteiger partial charge in [-0.3, -0.25) is 0 Å². The Labute approximate surface area is 131 Å². The predicted molar refractivity (Wildman–Crippen MR) is 85.1 cm³/mol. The topological polar surface area (TPSA) is 58.6 Å². The number of likely N-dealkylation sites (N-methyl/N-ethyl adjacent to an activating group) is 1. The van der Waals surface area contributed by atoms with Crippen LogP contribution >= 0.6 is 11.3 Å². The number of rotatable bonds is 6. The summed E-state index contributed by atoms with van der Waals surface area (Å²) in [5.74, 6) is 0. The summed E-state index contributed by atoms with van der Waals surface area (Å²) >= 11 is 1.48. The predicted octanol–water partition coefficient (Wildman–Crippen LogP) is 2.04. The Balaban J connectivity index is 2.21. The van der Waals surface area contributed by atoms with Crippen LogP contribution in [0.15, 0.2) is 16.3 Å². The monoisotopic (exact) mass is 332 g/mol.